The summed E-state index contributed by atoms with van der Waals surface area (Å²) in [5.41, 5.74) is 1.78. The van der Waals surface area contributed by atoms with Crippen molar-refractivity contribution in [3.05, 3.63) is 71.3 Å². The maximum Gasteiger partial charge on any atom is 0.390 e. The number of carbonyl (C=O) groups excluding carboxylic acids is 2. The molecule has 0 spiro atoms. The first-order valence-electron chi connectivity index (χ1n) is 8.08. The van der Waals surface area contributed by atoms with Gasteiger partial charge in [-0.05, 0) is 17.7 Å². The number of nitrogens with one attached hydrogen (secondary N) is 2. The van der Waals surface area contributed by atoms with E-state index in [2.05, 4.69) is 10.6 Å². The smallest absolute Gasteiger partial charge is 0.348 e. The average molecular weight is 364 g/mol. The van der Waals surface area contributed by atoms with Crippen LogP contribution in [0.25, 0.3) is 0 Å². The number of carbonyl (C=O) groups is 2. The van der Waals surface area contributed by atoms with Gasteiger partial charge in [0.2, 0.25) is 0 Å². The maximum atomic E-state index is 12.0. The standard InChI is InChI=1S/C19H19F3N2O2/c20-19(21,22)10-11-23-13-17(25)15-8-6-14(7-9-15)12-24-18(26)16-4-2-1-3-5-16/h1-9,23H,10-13H2,(H,24,26). The Bertz CT molecular complexity index is 729. The van der Waals surface area contributed by atoms with Crippen molar-refractivity contribution >= 4 is 11.7 Å². The Morgan fingerprint density at radius 2 is 1.54 bits per heavy atom. The fourth-order valence-corrected chi connectivity index (χ4v) is 2.22. The summed E-state index contributed by atoms with van der Waals surface area (Å²) < 4.78 is 36.1. The van der Waals surface area contributed by atoms with Gasteiger partial charge in [-0.25, -0.2) is 0 Å². The molecule has 2 rings (SSSR count). The second-order valence-electron chi connectivity index (χ2n) is 5.71. The van der Waals surface area contributed by atoms with Crippen LogP contribution in [0, 0.1) is 0 Å². The van der Waals surface area contributed by atoms with Gasteiger partial charge in [-0.1, -0.05) is 42.5 Å². The van der Waals surface area contributed by atoms with E-state index in [0.29, 0.717) is 17.7 Å². The van der Waals surface area contributed by atoms with Gasteiger partial charge in [0, 0.05) is 24.2 Å². The Hall–Kier alpha value is -2.67. The molecule has 0 unspecified atom stereocenters. The molecule has 1 amide bonds. The minimum atomic E-state index is -4.23. The molecule has 2 aromatic rings. The summed E-state index contributed by atoms with van der Waals surface area (Å²) in [5, 5.41) is 5.26. The van der Waals surface area contributed by atoms with Crippen molar-refractivity contribution in [1.29, 1.82) is 0 Å². The minimum absolute atomic E-state index is 0.153. The van der Waals surface area contributed by atoms with Gasteiger partial charge in [-0.15, -0.1) is 0 Å². The molecule has 0 radical (unpaired) electrons. The van der Waals surface area contributed by atoms with E-state index < -0.39 is 12.6 Å². The van der Waals surface area contributed by atoms with E-state index in [1.165, 1.54) is 0 Å². The predicted octanol–water partition coefficient (Wildman–Crippen LogP) is 3.34. The topological polar surface area (TPSA) is 58.2 Å². The van der Waals surface area contributed by atoms with E-state index >= 15 is 0 Å². The molecule has 7 heteroatoms. The van der Waals surface area contributed by atoms with Gasteiger partial charge >= 0.3 is 6.18 Å². The zero-order chi connectivity index (χ0) is 19.0. The van der Waals surface area contributed by atoms with Crippen LogP contribution in [0.4, 0.5) is 13.2 Å². The summed E-state index contributed by atoms with van der Waals surface area (Å²) in [6.07, 6.45) is -5.21. The molecule has 2 N–H and O–H groups in total. The monoisotopic (exact) mass is 364 g/mol. The molecule has 138 valence electrons. The number of ketones is 1. The van der Waals surface area contributed by atoms with Crippen LogP contribution >= 0.6 is 0 Å². The number of Topliss-reactive ketones (excluding diaryl/α,β-unsaturated/α-hetero) is 1. The molecular formula is C19H19F3N2O2. The molecule has 2 aromatic carbocycles. The summed E-state index contributed by atoms with van der Waals surface area (Å²) in [7, 11) is 0. The van der Waals surface area contributed by atoms with Crippen molar-refractivity contribution in [2.24, 2.45) is 0 Å². The van der Waals surface area contributed by atoms with Gasteiger partial charge < -0.3 is 10.6 Å². The fourth-order valence-electron chi connectivity index (χ4n) is 2.22. The van der Waals surface area contributed by atoms with Crippen LogP contribution in [-0.2, 0) is 6.54 Å². The first-order valence-corrected chi connectivity index (χ1v) is 8.08. The Morgan fingerprint density at radius 1 is 0.885 bits per heavy atom. The van der Waals surface area contributed by atoms with E-state index in [1.54, 1.807) is 48.5 Å². The fraction of sp³-hybridized carbons (Fsp3) is 0.263. The lowest BCUT2D eigenvalue weighted by Crippen LogP contribution is -2.27. The van der Waals surface area contributed by atoms with Gasteiger partial charge in [0.05, 0.1) is 13.0 Å². The summed E-state index contributed by atoms with van der Waals surface area (Å²) in [5.74, 6) is -0.480. The third kappa shape index (κ3) is 6.68. The summed E-state index contributed by atoms with van der Waals surface area (Å²) in [6, 6.07) is 15.4. The lowest BCUT2D eigenvalue weighted by Gasteiger charge is -2.08. The lowest BCUT2D eigenvalue weighted by molar-refractivity contribution is -0.133. The number of amides is 1. The largest absolute Gasteiger partial charge is 0.390 e. The number of hydrogen-bond acceptors (Lipinski definition) is 3. The second-order valence-corrected chi connectivity index (χ2v) is 5.71. The molecule has 0 aromatic heterocycles. The van der Waals surface area contributed by atoms with Crippen LogP contribution < -0.4 is 10.6 Å². The minimum Gasteiger partial charge on any atom is -0.348 e. The second kappa shape index (κ2) is 9.15. The lowest BCUT2D eigenvalue weighted by atomic mass is 10.1. The Balaban J connectivity index is 1.78. The van der Waals surface area contributed by atoms with Crippen molar-refractivity contribution in [2.45, 2.75) is 19.1 Å². The van der Waals surface area contributed by atoms with E-state index in [4.69, 9.17) is 0 Å². The van der Waals surface area contributed by atoms with E-state index in [9.17, 15) is 22.8 Å². The summed E-state index contributed by atoms with van der Waals surface area (Å²) >= 11 is 0. The number of halogens is 3. The zero-order valence-corrected chi connectivity index (χ0v) is 14.0. The highest BCUT2D eigenvalue weighted by Crippen LogP contribution is 2.18. The van der Waals surface area contributed by atoms with Crippen molar-refractivity contribution in [1.82, 2.24) is 10.6 Å². The molecular weight excluding hydrogens is 345 g/mol. The number of alkyl halides is 3. The van der Waals surface area contributed by atoms with Gasteiger partial charge in [0.25, 0.3) is 5.91 Å². The third-order valence-electron chi connectivity index (χ3n) is 3.64. The SMILES string of the molecule is O=C(CNCCC(F)(F)F)c1ccc(CNC(=O)c2ccccc2)cc1. The Morgan fingerprint density at radius 3 is 2.15 bits per heavy atom. The molecule has 0 aliphatic carbocycles. The Kier molecular flexibility index (Phi) is 6.91. The van der Waals surface area contributed by atoms with Gasteiger partial charge in [-0.2, -0.15) is 13.2 Å². The average Bonchev–Trinajstić information content (AvgIpc) is 2.63. The first-order chi connectivity index (χ1) is 12.3. The van der Waals surface area contributed by atoms with Crippen molar-refractivity contribution < 1.29 is 22.8 Å². The number of rotatable bonds is 8. The van der Waals surface area contributed by atoms with Crippen LogP contribution in [0.1, 0.15) is 32.7 Å². The molecule has 26 heavy (non-hydrogen) atoms. The summed E-state index contributed by atoms with van der Waals surface area (Å²) in [6.45, 7) is -0.134. The van der Waals surface area contributed by atoms with Crippen LogP contribution in [0.5, 0.6) is 0 Å². The quantitative estimate of drug-likeness (QED) is 0.558. The predicted molar refractivity (Wildman–Crippen MR) is 91.9 cm³/mol. The van der Waals surface area contributed by atoms with Crippen LogP contribution in [-0.4, -0.2) is 31.0 Å². The highest BCUT2D eigenvalue weighted by atomic mass is 19.4. The van der Waals surface area contributed by atoms with E-state index in [1.807, 2.05) is 6.07 Å². The normalized spacial score (nSPS) is 11.2. The molecule has 0 saturated heterocycles. The third-order valence-corrected chi connectivity index (χ3v) is 3.64. The molecule has 0 fully saturated rings. The van der Waals surface area contributed by atoms with Gasteiger partial charge in [0.1, 0.15) is 0 Å². The maximum absolute atomic E-state index is 12.0. The molecule has 0 aliphatic heterocycles. The van der Waals surface area contributed by atoms with Crippen molar-refractivity contribution in [3.63, 3.8) is 0 Å². The molecule has 0 bridgehead atoms. The van der Waals surface area contributed by atoms with E-state index in [-0.39, 0.29) is 24.8 Å². The van der Waals surface area contributed by atoms with Crippen molar-refractivity contribution in [3.8, 4) is 0 Å². The van der Waals surface area contributed by atoms with Gasteiger partial charge in [0.15, 0.2) is 5.78 Å². The highest BCUT2D eigenvalue weighted by Gasteiger charge is 2.26. The molecule has 0 saturated carbocycles. The van der Waals surface area contributed by atoms with Crippen molar-refractivity contribution in [2.75, 3.05) is 13.1 Å². The summed E-state index contributed by atoms with van der Waals surface area (Å²) in [4.78, 5) is 23.9. The van der Waals surface area contributed by atoms with Gasteiger partial charge in [-0.3, -0.25) is 9.59 Å². The molecule has 4 nitrogen and oxygen atoms in total. The van der Waals surface area contributed by atoms with Crippen LogP contribution in [0.15, 0.2) is 54.6 Å². The van der Waals surface area contributed by atoms with Crippen LogP contribution in [0.3, 0.4) is 0 Å². The molecule has 0 atom stereocenters. The zero-order valence-electron chi connectivity index (χ0n) is 14.0. The molecule has 0 heterocycles. The first kappa shape index (κ1) is 19.7. The number of benzene rings is 2. The number of hydrogen-bond donors (Lipinski definition) is 2. The Labute approximate surface area is 149 Å². The van der Waals surface area contributed by atoms with E-state index in [0.717, 1.165) is 5.56 Å². The van der Waals surface area contributed by atoms with Crippen LogP contribution in [0.2, 0.25) is 0 Å². The molecule has 0 aliphatic rings. The highest BCUT2D eigenvalue weighted by molar-refractivity contribution is 5.97.